The highest BCUT2D eigenvalue weighted by atomic mass is 19.1. The van der Waals surface area contributed by atoms with E-state index in [1.807, 2.05) is 66.7 Å². The van der Waals surface area contributed by atoms with Gasteiger partial charge in [-0.2, -0.15) is 0 Å². The molecular weight excluding hydrogens is 427 g/mol. The van der Waals surface area contributed by atoms with Crippen molar-refractivity contribution in [2.24, 2.45) is 0 Å². The second-order valence-electron chi connectivity index (χ2n) is 9.08. The summed E-state index contributed by atoms with van der Waals surface area (Å²) in [5.74, 6) is 12.7. The first kappa shape index (κ1) is 24.3. The van der Waals surface area contributed by atoms with Gasteiger partial charge in [0.15, 0.2) is 0 Å². The number of hydrogen-bond donors (Lipinski definition) is 0. The quantitative estimate of drug-likeness (QED) is 0.200. The first-order valence-electron chi connectivity index (χ1n) is 12.5. The maximum Gasteiger partial charge on any atom is 0.134 e. The van der Waals surface area contributed by atoms with Crippen LogP contribution in [0.4, 0.5) is 4.39 Å². The van der Waals surface area contributed by atoms with Gasteiger partial charge in [-0.05, 0) is 79.2 Å². The Morgan fingerprint density at radius 1 is 0.600 bits per heavy atom. The molecule has 0 radical (unpaired) electrons. The molecule has 0 saturated carbocycles. The minimum absolute atomic E-state index is 0.0835. The van der Waals surface area contributed by atoms with E-state index in [1.165, 1.54) is 31.2 Å². The first-order chi connectivity index (χ1) is 17.1. The molecule has 0 amide bonds. The monoisotopic (exact) mass is 458 g/mol. The van der Waals surface area contributed by atoms with Crippen LogP contribution in [0.15, 0.2) is 78.9 Å². The highest BCUT2D eigenvalue weighted by Gasteiger charge is 2.07. The smallest absolute Gasteiger partial charge is 0.134 e. The highest BCUT2D eigenvalue weighted by molar-refractivity contribution is 5.85. The third kappa shape index (κ3) is 6.85. The fourth-order valence-corrected chi connectivity index (χ4v) is 4.09. The number of hydrogen-bond acceptors (Lipinski definition) is 0. The number of fused-ring (bicyclic) bond motifs is 1. The van der Waals surface area contributed by atoms with Crippen molar-refractivity contribution in [2.75, 3.05) is 0 Å². The van der Waals surface area contributed by atoms with Crippen LogP contribution in [0, 0.1) is 36.4 Å². The summed E-state index contributed by atoms with van der Waals surface area (Å²) in [6.45, 7) is 4.28. The van der Waals surface area contributed by atoms with E-state index in [0.29, 0.717) is 5.39 Å². The summed E-state index contributed by atoms with van der Waals surface area (Å²) in [4.78, 5) is 0. The molecule has 0 bridgehead atoms. The molecule has 4 aromatic rings. The normalized spacial score (nSPS) is 10.4. The van der Waals surface area contributed by atoms with E-state index in [0.717, 1.165) is 46.0 Å². The molecule has 35 heavy (non-hydrogen) atoms. The van der Waals surface area contributed by atoms with Crippen LogP contribution in [0.25, 0.3) is 10.8 Å². The summed E-state index contributed by atoms with van der Waals surface area (Å²) >= 11 is 0. The third-order valence-corrected chi connectivity index (χ3v) is 6.22. The number of aryl methyl sites for hydroxylation is 2. The van der Waals surface area contributed by atoms with Crippen LogP contribution >= 0.6 is 0 Å². The SMILES string of the molecule is CCCCCCCc1ccc2cc(C#Cc3ccc(C#Cc4ccc(C)cc4)cc3)ccc2c1F. The minimum Gasteiger partial charge on any atom is -0.206 e. The molecule has 0 aliphatic rings. The van der Waals surface area contributed by atoms with Crippen molar-refractivity contribution in [1.29, 1.82) is 0 Å². The van der Waals surface area contributed by atoms with Gasteiger partial charge in [-0.1, -0.05) is 92.2 Å². The minimum atomic E-state index is -0.0835. The van der Waals surface area contributed by atoms with Gasteiger partial charge in [0.25, 0.3) is 0 Å². The van der Waals surface area contributed by atoms with Crippen molar-refractivity contribution in [1.82, 2.24) is 0 Å². The summed E-state index contributed by atoms with van der Waals surface area (Å²) in [6.07, 6.45) is 6.73. The van der Waals surface area contributed by atoms with Gasteiger partial charge in [-0.3, -0.25) is 0 Å². The molecule has 1 heteroatoms. The number of rotatable bonds is 6. The van der Waals surface area contributed by atoms with E-state index in [2.05, 4.69) is 49.7 Å². The first-order valence-corrected chi connectivity index (χ1v) is 12.5. The summed E-state index contributed by atoms with van der Waals surface area (Å²) in [6, 6.07) is 25.9. The molecule has 4 aromatic carbocycles. The van der Waals surface area contributed by atoms with Gasteiger partial charge in [0.2, 0.25) is 0 Å². The lowest BCUT2D eigenvalue weighted by Crippen LogP contribution is -1.93. The van der Waals surface area contributed by atoms with Crippen LogP contribution in [-0.2, 0) is 6.42 Å². The Morgan fingerprint density at radius 3 is 1.77 bits per heavy atom. The predicted octanol–water partition coefficient (Wildman–Crippen LogP) is 8.60. The van der Waals surface area contributed by atoms with Crippen molar-refractivity contribution in [3.05, 3.63) is 118 Å². The summed E-state index contributed by atoms with van der Waals surface area (Å²) in [5, 5.41) is 1.57. The van der Waals surface area contributed by atoms with E-state index < -0.39 is 0 Å². The number of benzene rings is 4. The van der Waals surface area contributed by atoms with Crippen LogP contribution in [0.1, 0.15) is 72.4 Å². The molecule has 0 spiro atoms. The van der Waals surface area contributed by atoms with E-state index >= 15 is 4.39 Å². The van der Waals surface area contributed by atoms with Crippen LogP contribution in [0.2, 0.25) is 0 Å². The summed E-state index contributed by atoms with van der Waals surface area (Å²) < 4.78 is 15.0. The van der Waals surface area contributed by atoms with E-state index in [1.54, 1.807) is 0 Å². The zero-order valence-electron chi connectivity index (χ0n) is 20.6. The van der Waals surface area contributed by atoms with Gasteiger partial charge < -0.3 is 0 Å². The summed E-state index contributed by atoms with van der Waals surface area (Å²) in [7, 11) is 0. The van der Waals surface area contributed by atoms with Crippen molar-refractivity contribution < 1.29 is 4.39 Å². The molecule has 0 heterocycles. The number of unbranched alkanes of at least 4 members (excludes halogenated alkanes) is 4. The molecule has 4 rings (SSSR count). The Hall–Kier alpha value is -3.81. The fraction of sp³-hybridized carbons (Fsp3) is 0.235. The lowest BCUT2D eigenvalue weighted by atomic mass is 9.99. The molecular formula is C34H31F. The van der Waals surface area contributed by atoms with Crippen LogP contribution in [-0.4, -0.2) is 0 Å². The van der Waals surface area contributed by atoms with Gasteiger partial charge in [0.05, 0.1) is 0 Å². The predicted molar refractivity (Wildman–Crippen MR) is 146 cm³/mol. The molecule has 0 nitrogen and oxygen atoms in total. The van der Waals surface area contributed by atoms with Gasteiger partial charge in [0, 0.05) is 27.6 Å². The molecule has 0 unspecified atom stereocenters. The van der Waals surface area contributed by atoms with Crippen molar-refractivity contribution in [3.8, 4) is 23.7 Å². The van der Waals surface area contributed by atoms with Crippen molar-refractivity contribution in [3.63, 3.8) is 0 Å². The van der Waals surface area contributed by atoms with Gasteiger partial charge in [-0.25, -0.2) is 4.39 Å². The Kier molecular flexibility index (Phi) is 8.38. The third-order valence-electron chi connectivity index (χ3n) is 6.22. The molecule has 0 atom stereocenters. The maximum atomic E-state index is 15.0. The summed E-state index contributed by atoms with van der Waals surface area (Å²) in [5.41, 5.74) is 5.82. The number of halogens is 1. The Morgan fingerprint density at radius 2 is 1.14 bits per heavy atom. The van der Waals surface area contributed by atoms with E-state index in [9.17, 15) is 0 Å². The zero-order valence-corrected chi connectivity index (χ0v) is 20.6. The fourth-order valence-electron chi connectivity index (χ4n) is 4.09. The van der Waals surface area contributed by atoms with Gasteiger partial charge in [0.1, 0.15) is 5.82 Å². The largest absolute Gasteiger partial charge is 0.206 e. The topological polar surface area (TPSA) is 0 Å². The molecule has 0 aliphatic heterocycles. The molecule has 174 valence electrons. The Labute approximate surface area is 209 Å². The lowest BCUT2D eigenvalue weighted by Gasteiger charge is -2.07. The van der Waals surface area contributed by atoms with Gasteiger partial charge >= 0.3 is 0 Å². The maximum absolute atomic E-state index is 15.0. The average Bonchev–Trinajstić information content (AvgIpc) is 2.89. The lowest BCUT2D eigenvalue weighted by molar-refractivity contribution is 0.595. The molecule has 0 aromatic heterocycles. The highest BCUT2D eigenvalue weighted by Crippen LogP contribution is 2.24. The van der Waals surface area contributed by atoms with E-state index in [-0.39, 0.29) is 5.82 Å². The standard InChI is InChI=1S/C34H31F/c1-3-4-5-6-7-8-31-22-23-32-25-30(21-24-33(32)34(31)35)20-19-29-17-15-28(16-18-29)14-13-27-11-9-26(2)10-12-27/h9-12,15-18,21-25H,3-8H2,1-2H3. The second-order valence-corrected chi connectivity index (χ2v) is 9.08. The van der Waals surface area contributed by atoms with Crippen LogP contribution < -0.4 is 0 Å². The van der Waals surface area contributed by atoms with Crippen molar-refractivity contribution >= 4 is 10.8 Å². The Bertz CT molecular complexity index is 1400. The molecule has 0 fully saturated rings. The van der Waals surface area contributed by atoms with Gasteiger partial charge in [-0.15, -0.1) is 0 Å². The second kappa shape index (κ2) is 12.1. The van der Waals surface area contributed by atoms with Crippen molar-refractivity contribution in [2.45, 2.75) is 52.4 Å². The molecule has 0 N–H and O–H groups in total. The average molecular weight is 459 g/mol. The Balaban J connectivity index is 1.42. The zero-order chi connectivity index (χ0) is 24.5. The molecule has 0 aliphatic carbocycles. The van der Waals surface area contributed by atoms with E-state index in [4.69, 9.17) is 0 Å². The van der Waals surface area contributed by atoms with Crippen LogP contribution in [0.3, 0.4) is 0 Å². The molecule has 0 saturated heterocycles. The van der Waals surface area contributed by atoms with Crippen LogP contribution in [0.5, 0.6) is 0 Å².